The van der Waals surface area contributed by atoms with Crippen LogP contribution < -0.4 is 10.1 Å². The molecule has 0 atom stereocenters. The zero-order valence-electron chi connectivity index (χ0n) is 27.7. The van der Waals surface area contributed by atoms with Gasteiger partial charge in [0, 0.05) is 13.0 Å². The molecule has 0 aliphatic heterocycles. The molecule has 1 aromatic rings. The molecule has 0 fully saturated rings. The van der Waals surface area contributed by atoms with E-state index in [4.69, 9.17) is 9.47 Å². The van der Waals surface area contributed by atoms with Crippen molar-refractivity contribution in [2.24, 2.45) is 0 Å². The van der Waals surface area contributed by atoms with Gasteiger partial charge in [0.25, 0.3) is 5.91 Å². The van der Waals surface area contributed by atoms with Crippen molar-refractivity contribution in [2.75, 3.05) is 13.7 Å². The van der Waals surface area contributed by atoms with Crippen LogP contribution in [0.5, 0.6) is 11.5 Å². The molecule has 2 N–H and O–H groups in total. The lowest BCUT2D eigenvalue weighted by molar-refractivity contribution is -0.148. The average molecular weight is 594 g/mol. The van der Waals surface area contributed by atoms with Crippen molar-refractivity contribution in [3.63, 3.8) is 0 Å². The molecule has 6 heteroatoms. The van der Waals surface area contributed by atoms with E-state index in [1.54, 1.807) is 12.1 Å². The van der Waals surface area contributed by atoms with E-state index in [0.717, 1.165) is 62.5 Å². The van der Waals surface area contributed by atoms with Crippen LogP contribution in [0.3, 0.4) is 0 Å². The molecule has 43 heavy (non-hydrogen) atoms. The van der Waals surface area contributed by atoms with Crippen LogP contribution in [0, 0.1) is 0 Å². The molecular weight excluding hydrogens is 538 g/mol. The number of hydrogen-bond donors (Lipinski definition) is 2. The molecular formula is C37H55NO5. The number of carbonyl (C=O) groups excluding carboxylic acids is 2. The Hall–Kier alpha value is -3.54. The van der Waals surface area contributed by atoms with Gasteiger partial charge in [-0.2, -0.15) is 0 Å². The number of unbranched alkanes of at least 4 members (excludes halogenated alkanes) is 1. The maximum Gasteiger partial charge on any atom is 0.306 e. The van der Waals surface area contributed by atoms with Gasteiger partial charge in [-0.05, 0) is 117 Å². The number of carbonyl (C=O) groups is 2. The Kier molecular flexibility index (Phi) is 19.2. The predicted octanol–water partition coefficient (Wildman–Crippen LogP) is 9.21. The number of aromatic hydroxyl groups is 1. The molecule has 238 valence electrons. The Labute approximate surface area is 260 Å². The number of hydrogen-bond acceptors (Lipinski definition) is 5. The summed E-state index contributed by atoms with van der Waals surface area (Å²) < 4.78 is 10.2. The van der Waals surface area contributed by atoms with Crippen LogP contribution >= 0.6 is 0 Å². The number of allylic oxidation sites excluding steroid dienone is 10. The highest BCUT2D eigenvalue weighted by Crippen LogP contribution is 2.26. The van der Waals surface area contributed by atoms with Crippen molar-refractivity contribution in [1.82, 2.24) is 5.32 Å². The summed E-state index contributed by atoms with van der Waals surface area (Å²) in [6.07, 6.45) is 21.1. The largest absolute Gasteiger partial charge is 0.504 e. The maximum absolute atomic E-state index is 12.1. The highest BCUT2D eigenvalue weighted by molar-refractivity contribution is 5.80. The van der Waals surface area contributed by atoms with Gasteiger partial charge in [0.15, 0.2) is 18.1 Å². The second-order valence-electron chi connectivity index (χ2n) is 11.6. The molecule has 0 spiro atoms. The van der Waals surface area contributed by atoms with E-state index in [2.05, 4.69) is 70.3 Å². The van der Waals surface area contributed by atoms with Gasteiger partial charge in [0.05, 0.1) is 7.11 Å². The molecule has 0 unspecified atom stereocenters. The second-order valence-corrected chi connectivity index (χ2v) is 11.6. The lowest BCUT2D eigenvalue weighted by atomic mass is 10.0. The summed E-state index contributed by atoms with van der Waals surface area (Å²) >= 11 is 0. The van der Waals surface area contributed by atoms with E-state index in [1.165, 1.54) is 35.5 Å². The molecule has 0 aliphatic rings. The van der Waals surface area contributed by atoms with E-state index >= 15 is 0 Å². The van der Waals surface area contributed by atoms with Gasteiger partial charge in [-0.25, -0.2) is 0 Å². The van der Waals surface area contributed by atoms with Gasteiger partial charge < -0.3 is 19.9 Å². The zero-order valence-corrected chi connectivity index (χ0v) is 27.7. The summed E-state index contributed by atoms with van der Waals surface area (Å²) in [6, 6.07) is 4.83. The number of rotatable bonds is 20. The normalized spacial score (nSPS) is 12.6. The van der Waals surface area contributed by atoms with Crippen LogP contribution in [0.4, 0.5) is 0 Å². The monoisotopic (exact) mass is 593 g/mol. The molecule has 0 bridgehead atoms. The van der Waals surface area contributed by atoms with Crippen molar-refractivity contribution in [1.29, 1.82) is 0 Å². The first kappa shape index (κ1) is 37.5. The van der Waals surface area contributed by atoms with Gasteiger partial charge in [0.1, 0.15) is 0 Å². The minimum absolute atomic E-state index is 0.0344. The maximum atomic E-state index is 12.1. The summed E-state index contributed by atoms with van der Waals surface area (Å²) in [4.78, 5) is 24.1. The van der Waals surface area contributed by atoms with Crippen LogP contribution in [0.25, 0.3) is 0 Å². The second kappa shape index (κ2) is 22.1. The highest BCUT2D eigenvalue weighted by Gasteiger charge is 2.09. The van der Waals surface area contributed by atoms with Crippen molar-refractivity contribution in [3.05, 3.63) is 82.0 Å². The molecule has 1 rings (SSSR count). The minimum Gasteiger partial charge on any atom is -0.504 e. The third-order valence-electron chi connectivity index (χ3n) is 7.13. The van der Waals surface area contributed by atoms with Crippen molar-refractivity contribution < 1.29 is 24.2 Å². The van der Waals surface area contributed by atoms with Gasteiger partial charge in [-0.1, -0.05) is 64.3 Å². The van der Waals surface area contributed by atoms with E-state index in [-0.39, 0.29) is 37.2 Å². The quantitative estimate of drug-likeness (QED) is 0.0894. The Morgan fingerprint density at radius 3 is 1.77 bits per heavy atom. The highest BCUT2D eigenvalue weighted by atomic mass is 16.5. The molecule has 0 radical (unpaired) electrons. The fourth-order valence-electron chi connectivity index (χ4n) is 4.35. The fraction of sp³-hybridized carbons (Fsp3) is 0.514. The van der Waals surface area contributed by atoms with Gasteiger partial charge >= 0.3 is 5.97 Å². The first-order valence-electron chi connectivity index (χ1n) is 15.5. The average Bonchev–Trinajstić information content (AvgIpc) is 2.96. The standard InChI is InChI=1S/C37H55NO5/c1-28(2)13-10-16-31(5)19-11-17-29(3)14-8-9-15-30(4)18-12-20-32(6)21-24-37(41)43-27-36(40)38-26-33-22-23-34(39)35(25-33)42-7/h13-15,19-20,22-23,25,39H,8-12,16-18,21,24,26-27H2,1-7H3,(H,38,40)/b29-14+,30-15+,31-19-,32-20+. The fourth-order valence-corrected chi connectivity index (χ4v) is 4.35. The number of esters is 1. The molecule has 1 amide bonds. The lowest BCUT2D eigenvalue weighted by Crippen LogP contribution is -2.28. The smallest absolute Gasteiger partial charge is 0.306 e. The minimum atomic E-state index is -0.390. The summed E-state index contributed by atoms with van der Waals surface area (Å²) in [5.74, 6) is -0.401. The predicted molar refractivity (Wildman–Crippen MR) is 178 cm³/mol. The third-order valence-corrected chi connectivity index (χ3v) is 7.13. The number of benzene rings is 1. The summed E-state index contributed by atoms with van der Waals surface area (Å²) in [7, 11) is 1.46. The van der Waals surface area contributed by atoms with E-state index < -0.39 is 0 Å². The molecule has 0 saturated carbocycles. The Morgan fingerprint density at radius 2 is 1.23 bits per heavy atom. The number of methoxy groups -OCH3 is 1. The number of phenolic OH excluding ortho intramolecular Hbond substituents is 1. The third kappa shape index (κ3) is 19.3. The molecule has 0 aliphatic carbocycles. The van der Waals surface area contributed by atoms with Gasteiger partial charge in [-0.3, -0.25) is 9.59 Å². The zero-order chi connectivity index (χ0) is 32.0. The van der Waals surface area contributed by atoms with Crippen LogP contribution in [0.15, 0.2) is 76.4 Å². The van der Waals surface area contributed by atoms with Crippen molar-refractivity contribution in [2.45, 2.75) is 112 Å². The number of ether oxygens (including phenoxy) is 2. The van der Waals surface area contributed by atoms with Crippen LogP contribution in [-0.2, 0) is 20.9 Å². The van der Waals surface area contributed by atoms with Gasteiger partial charge in [-0.15, -0.1) is 0 Å². The van der Waals surface area contributed by atoms with Crippen molar-refractivity contribution in [3.8, 4) is 11.5 Å². The SMILES string of the molecule is COc1cc(CNC(=O)COC(=O)CC/C(C)=C/CC/C(C)=C/CC/C=C(\C)CC/C=C(/C)CCC=C(C)C)ccc1O. The molecule has 1 aromatic carbocycles. The Morgan fingerprint density at radius 1 is 0.721 bits per heavy atom. The molecule has 6 nitrogen and oxygen atoms in total. The number of amides is 1. The first-order chi connectivity index (χ1) is 20.5. The molecule has 0 saturated heterocycles. The van der Waals surface area contributed by atoms with E-state index in [1.807, 2.05) is 6.92 Å². The topological polar surface area (TPSA) is 84.9 Å². The summed E-state index contributed by atoms with van der Waals surface area (Å²) in [5.41, 5.74) is 7.65. The van der Waals surface area contributed by atoms with Crippen LogP contribution in [-0.4, -0.2) is 30.7 Å². The summed E-state index contributed by atoms with van der Waals surface area (Å²) in [6.45, 7) is 12.9. The summed E-state index contributed by atoms with van der Waals surface area (Å²) in [5, 5.41) is 12.3. The molecule has 0 heterocycles. The molecule has 0 aromatic heterocycles. The van der Waals surface area contributed by atoms with Crippen LogP contribution in [0.2, 0.25) is 0 Å². The van der Waals surface area contributed by atoms with Crippen molar-refractivity contribution >= 4 is 11.9 Å². The number of nitrogens with one attached hydrogen (secondary N) is 1. The van der Waals surface area contributed by atoms with E-state index in [0.29, 0.717) is 12.2 Å². The Balaban J connectivity index is 2.21. The first-order valence-corrected chi connectivity index (χ1v) is 15.5. The lowest BCUT2D eigenvalue weighted by Gasteiger charge is -2.09. The van der Waals surface area contributed by atoms with E-state index in [9.17, 15) is 14.7 Å². The van der Waals surface area contributed by atoms with Crippen LogP contribution in [0.1, 0.15) is 111 Å². The Bertz CT molecular complexity index is 1170. The van der Waals surface area contributed by atoms with Gasteiger partial charge in [0.2, 0.25) is 0 Å². The number of phenols is 1.